The molecule has 0 saturated carbocycles. The minimum Gasteiger partial charge on any atom is -0.481 e. The van der Waals surface area contributed by atoms with E-state index in [2.05, 4.69) is 32.2 Å². The second kappa shape index (κ2) is 8.77. The number of benzene rings is 1. The quantitative estimate of drug-likeness (QED) is 0.829. The van der Waals surface area contributed by atoms with Crippen LogP contribution < -0.4 is 10.1 Å². The highest BCUT2D eigenvalue weighted by Crippen LogP contribution is 2.26. The van der Waals surface area contributed by atoms with Gasteiger partial charge in [-0.2, -0.15) is 0 Å². The van der Waals surface area contributed by atoms with Gasteiger partial charge in [0.2, 0.25) is 5.91 Å². The average molecular weight is 375 g/mol. The predicted octanol–water partition coefficient (Wildman–Crippen LogP) is 3.51. The van der Waals surface area contributed by atoms with Crippen LogP contribution in [0.5, 0.6) is 5.75 Å². The number of likely N-dealkylation sites (tertiary alicyclic amines) is 1. The molecule has 1 aliphatic rings. The Morgan fingerprint density at radius 1 is 1.11 bits per heavy atom. The molecule has 5 heteroatoms. The topological polar surface area (TPSA) is 58.6 Å². The normalized spacial score (nSPS) is 16.9. The third kappa shape index (κ3) is 5.72. The van der Waals surface area contributed by atoms with Gasteiger partial charge in [0, 0.05) is 13.1 Å². The van der Waals surface area contributed by atoms with E-state index >= 15 is 0 Å². The van der Waals surface area contributed by atoms with Gasteiger partial charge in [-0.15, -0.1) is 0 Å². The molecule has 0 radical (unpaired) electrons. The maximum atomic E-state index is 12.7. The van der Waals surface area contributed by atoms with Crippen LogP contribution in [0.1, 0.15) is 59.9 Å². The molecule has 1 N–H and O–H groups in total. The number of hydrogen-bond acceptors (Lipinski definition) is 3. The van der Waals surface area contributed by atoms with E-state index in [1.807, 2.05) is 36.9 Å². The summed E-state index contributed by atoms with van der Waals surface area (Å²) in [5.41, 5.74) is 1.16. The first-order chi connectivity index (χ1) is 12.6. The fourth-order valence-corrected chi connectivity index (χ4v) is 3.21. The molecule has 1 saturated heterocycles. The van der Waals surface area contributed by atoms with Gasteiger partial charge in [0.25, 0.3) is 5.91 Å². The van der Waals surface area contributed by atoms with Crippen molar-refractivity contribution in [3.8, 4) is 5.75 Å². The first-order valence-electron chi connectivity index (χ1n) is 9.96. The molecule has 1 aromatic rings. The van der Waals surface area contributed by atoms with Crippen LogP contribution in [0.3, 0.4) is 0 Å². The van der Waals surface area contributed by atoms with Crippen LogP contribution in [0.25, 0.3) is 0 Å². The van der Waals surface area contributed by atoms with E-state index in [0.717, 1.165) is 31.5 Å². The lowest BCUT2D eigenvalue weighted by Gasteiger charge is -2.28. The summed E-state index contributed by atoms with van der Waals surface area (Å²) in [4.78, 5) is 27.2. The average Bonchev–Trinajstić information content (AvgIpc) is 3.12. The summed E-state index contributed by atoms with van der Waals surface area (Å²) in [5, 5.41) is 2.90. The van der Waals surface area contributed by atoms with Crippen molar-refractivity contribution in [2.75, 3.05) is 13.1 Å². The standard InChI is InChI=1S/C22H34N2O3/c1-15(2)19(21(26)24-12-7-8-13-24)23-20(25)16(3)27-18-11-9-10-17(14-18)22(4,5)6/h9-11,14-16,19H,7-8,12-13H2,1-6H3,(H,23,25)/t16?,19-/m0/s1. The van der Waals surface area contributed by atoms with E-state index < -0.39 is 12.1 Å². The van der Waals surface area contributed by atoms with Crippen LogP contribution in [0, 0.1) is 5.92 Å². The van der Waals surface area contributed by atoms with Gasteiger partial charge in [-0.1, -0.05) is 46.8 Å². The van der Waals surface area contributed by atoms with Crippen LogP contribution in [0.15, 0.2) is 24.3 Å². The lowest BCUT2D eigenvalue weighted by atomic mass is 9.87. The molecule has 0 bridgehead atoms. The van der Waals surface area contributed by atoms with Gasteiger partial charge >= 0.3 is 0 Å². The van der Waals surface area contributed by atoms with E-state index in [1.165, 1.54) is 0 Å². The molecule has 5 nitrogen and oxygen atoms in total. The van der Waals surface area contributed by atoms with Gasteiger partial charge in [0.15, 0.2) is 6.10 Å². The molecular formula is C22H34N2O3. The molecule has 27 heavy (non-hydrogen) atoms. The highest BCUT2D eigenvalue weighted by molar-refractivity contribution is 5.89. The number of hydrogen-bond donors (Lipinski definition) is 1. The van der Waals surface area contributed by atoms with Crippen molar-refractivity contribution in [2.45, 2.75) is 71.9 Å². The smallest absolute Gasteiger partial charge is 0.261 e. The van der Waals surface area contributed by atoms with Crippen molar-refractivity contribution < 1.29 is 14.3 Å². The summed E-state index contributed by atoms with van der Waals surface area (Å²) in [6.45, 7) is 13.6. The third-order valence-corrected chi connectivity index (χ3v) is 5.03. The van der Waals surface area contributed by atoms with Crippen molar-refractivity contribution in [3.63, 3.8) is 0 Å². The summed E-state index contributed by atoms with van der Waals surface area (Å²) >= 11 is 0. The molecule has 0 aromatic heterocycles. The summed E-state index contributed by atoms with van der Waals surface area (Å²) < 4.78 is 5.86. The van der Waals surface area contributed by atoms with Crippen molar-refractivity contribution in [1.82, 2.24) is 10.2 Å². The number of nitrogens with one attached hydrogen (secondary N) is 1. The number of carbonyl (C=O) groups excluding carboxylic acids is 2. The Labute approximate surface area is 163 Å². The summed E-state index contributed by atoms with van der Waals surface area (Å²) in [6.07, 6.45) is 1.40. The fraction of sp³-hybridized carbons (Fsp3) is 0.636. The van der Waals surface area contributed by atoms with Crippen LogP contribution in [-0.4, -0.2) is 41.9 Å². The molecule has 2 amide bonds. The van der Waals surface area contributed by atoms with Crippen molar-refractivity contribution in [1.29, 1.82) is 0 Å². The first kappa shape index (κ1) is 21.3. The maximum absolute atomic E-state index is 12.7. The van der Waals surface area contributed by atoms with Crippen molar-refractivity contribution in [2.24, 2.45) is 5.92 Å². The molecule has 0 aliphatic carbocycles. The van der Waals surface area contributed by atoms with Gasteiger partial charge in [-0.25, -0.2) is 0 Å². The highest BCUT2D eigenvalue weighted by Gasteiger charge is 2.31. The predicted molar refractivity (Wildman–Crippen MR) is 108 cm³/mol. The van der Waals surface area contributed by atoms with Crippen molar-refractivity contribution >= 4 is 11.8 Å². The van der Waals surface area contributed by atoms with Gasteiger partial charge in [0.1, 0.15) is 11.8 Å². The van der Waals surface area contributed by atoms with Gasteiger partial charge in [-0.05, 0) is 48.8 Å². The molecule has 0 spiro atoms. The number of nitrogens with zero attached hydrogens (tertiary/aromatic N) is 1. The molecule has 2 atom stereocenters. The van der Waals surface area contributed by atoms with E-state index in [0.29, 0.717) is 5.75 Å². The number of ether oxygens (including phenoxy) is 1. The van der Waals surface area contributed by atoms with E-state index in [-0.39, 0.29) is 23.1 Å². The zero-order chi connectivity index (χ0) is 20.2. The van der Waals surface area contributed by atoms with E-state index in [9.17, 15) is 9.59 Å². The number of carbonyl (C=O) groups is 2. The second-order valence-electron chi connectivity index (χ2n) is 8.80. The Bertz CT molecular complexity index is 658. The van der Waals surface area contributed by atoms with Crippen LogP contribution in [0.2, 0.25) is 0 Å². The Balaban J connectivity index is 2.02. The Hall–Kier alpha value is -2.04. The molecule has 1 heterocycles. The Morgan fingerprint density at radius 2 is 1.74 bits per heavy atom. The summed E-state index contributed by atoms with van der Waals surface area (Å²) in [5.74, 6) is 0.440. The first-order valence-corrected chi connectivity index (χ1v) is 9.96. The van der Waals surface area contributed by atoms with E-state index in [4.69, 9.17) is 4.74 Å². The number of rotatable bonds is 6. The molecule has 2 rings (SSSR count). The van der Waals surface area contributed by atoms with Gasteiger partial charge in [0.05, 0.1) is 0 Å². The SMILES string of the molecule is CC(Oc1cccc(C(C)(C)C)c1)C(=O)N[C@H](C(=O)N1CCCC1)C(C)C. The highest BCUT2D eigenvalue weighted by atomic mass is 16.5. The van der Waals surface area contributed by atoms with Crippen LogP contribution in [-0.2, 0) is 15.0 Å². The zero-order valence-electron chi connectivity index (χ0n) is 17.5. The zero-order valence-corrected chi connectivity index (χ0v) is 17.5. The molecular weight excluding hydrogens is 340 g/mol. The lowest BCUT2D eigenvalue weighted by molar-refractivity contribution is -0.138. The maximum Gasteiger partial charge on any atom is 0.261 e. The largest absolute Gasteiger partial charge is 0.481 e. The Kier molecular flexibility index (Phi) is 6.90. The second-order valence-corrected chi connectivity index (χ2v) is 8.80. The van der Waals surface area contributed by atoms with Gasteiger partial charge in [-0.3, -0.25) is 9.59 Å². The molecule has 1 fully saturated rings. The summed E-state index contributed by atoms with van der Waals surface area (Å²) in [7, 11) is 0. The van der Waals surface area contributed by atoms with Crippen LogP contribution >= 0.6 is 0 Å². The lowest BCUT2D eigenvalue weighted by Crippen LogP contribution is -2.53. The molecule has 1 aliphatic heterocycles. The minimum absolute atomic E-state index is 0.00968. The minimum atomic E-state index is -0.673. The molecule has 1 unspecified atom stereocenters. The molecule has 150 valence electrons. The monoisotopic (exact) mass is 374 g/mol. The van der Waals surface area contributed by atoms with Crippen molar-refractivity contribution in [3.05, 3.63) is 29.8 Å². The summed E-state index contributed by atoms with van der Waals surface area (Å²) in [6, 6.07) is 7.31. The Morgan fingerprint density at radius 3 is 2.30 bits per heavy atom. The molecule has 1 aromatic carbocycles. The third-order valence-electron chi connectivity index (χ3n) is 5.03. The van der Waals surface area contributed by atoms with Gasteiger partial charge < -0.3 is 15.0 Å². The fourth-order valence-electron chi connectivity index (χ4n) is 3.21. The van der Waals surface area contributed by atoms with Crippen LogP contribution in [0.4, 0.5) is 0 Å². The van der Waals surface area contributed by atoms with E-state index in [1.54, 1.807) is 6.92 Å². The number of amides is 2.